The van der Waals surface area contributed by atoms with Crippen LogP contribution in [0.15, 0.2) is 53.0 Å². The molecular formula is C51H88N2O12PS+. The molecule has 1 unspecified atom stereocenters. The second-order valence-corrected chi connectivity index (χ2v) is 21.0. The van der Waals surface area contributed by atoms with Crippen molar-refractivity contribution in [2.75, 3.05) is 53.3 Å². The molecular weight excluding hydrogens is 896 g/mol. The van der Waals surface area contributed by atoms with Crippen molar-refractivity contribution in [2.45, 2.75) is 180 Å². The van der Waals surface area contributed by atoms with E-state index in [1.807, 2.05) is 45.4 Å². The molecule has 1 rings (SSSR count). The number of likely N-dealkylation sites (N-methyl/N-ethyl adjacent to an activating group) is 1. The molecule has 0 radical (unpaired) electrons. The number of aryl methyl sites for hydroxylation is 2. The summed E-state index contributed by atoms with van der Waals surface area (Å²) in [7, 11) is 1.19. The molecule has 1 aromatic rings. The number of ether oxygens (including phenoxy) is 2. The van der Waals surface area contributed by atoms with Gasteiger partial charge in [-0.1, -0.05) is 114 Å². The first-order chi connectivity index (χ1) is 31.9. The molecule has 0 saturated carbocycles. The summed E-state index contributed by atoms with van der Waals surface area (Å²) in [5.41, 5.74) is 8.80. The van der Waals surface area contributed by atoms with Crippen LogP contribution in [0.1, 0.15) is 152 Å². The standard InChI is InChI=1S/C51H87N2O12PS/c1-8-10-11-12-13-14-15-16-17-21-24-27-33-48(45(54)31-29-34-49(55)56)67-40-44(52)51(58)61-38-43(39-63-66(59,60)62-37-36-53(5,6)7)64-50(57)35-28-25-22-19-18-20-23-26-32-47-42(4)41(3)46(65-47)30-9-2/h13-14,16-17,21,24,27,33,43-45,48,54H,8-12,15,18-20,22-23,25-26,28-32,34-40,52H2,1-7H3,(H-,55,56,59,60)/p+1/b14-13-,17-16-,24-21+,33-27+/t43-,44+,45+,48-/m1/s1. The molecule has 5 N–H and O–H groups in total. The van der Waals surface area contributed by atoms with Crippen LogP contribution in [0.2, 0.25) is 0 Å². The van der Waals surface area contributed by atoms with Gasteiger partial charge in [0.2, 0.25) is 0 Å². The van der Waals surface area contributed by atoms with Gasteiger partial charge >= 0.3 is 25.7 Å². The van der Waals surface area contributed by atoms with E-state index in [-0.39, 0.29) is 38.0 Å². The number of esters is 2. The van der Waals surface area contributed by atoms with Crippen molar-refractivity contribution in [1.29, 1.82) is 0 Å². The summed E-state index contributed by atoms with van der Waals surface area (Å²) in [5.74, 6) is -0.0240. The monoisotopic (exact) mass is 984 g/mol. The number of nitrogens with two attached hydrogens (primary N) is 1. The molecule has 0 aliphatic heterocycles. The Bertz CT molecular complexity index is 1690. The number of carboxylic acids is 1. The fourth-order valence-corrected chi connectivity index (χ4v) is 8.66. The third-order valence-electron chi connectivity index (χ3n) is 11.0. The summed E-state index contributed by atoms with van der Waals surface area (Å²) in [4.78, 5) is 47.4. The number of hydrogen-bond donors (Lipinski definition) is 4. The van der Waals surface area contributed by atoms with Gasteiger partial charge in [0.05, 0.1) is 33.9 Å². The molecule has 0 fully saturated rings. The van der Waals surface area contributed by atoms with Crippen LogP contribution in [0, 0.1) is 13.8 Å². The summed E-state index contributed by atoms with van der Waals surface area (Å²) in [5, 5.41) is 19.5. The van der Waals surface area contributed by atoms with E-state index in [1.165, 1.54) is 42.2 Å². The van der Waals surface area contributed by atoms with Crippen molar-refractivity contribution >= 4 is 37.5 Å². The van der Waals surface area contributed by atoms with Gasteiger partial charge in [0.1, 0.15) is 37.3 Å². The molecule has 5 atom stereocenters. The fraction of sp³-hybridized carbons (Fsp3) is 0.706. The van der Waals surface area contributed by atoms with E-state index in [1.54, 1.807) is 12.2 Å². The molecule has 0 aromatic carbocycles. The maximum Gasteiger partial charge on any atom is 0.472 e. The Hall–Kier alpha value is -3.01. The fourth-order valence-electron chi connectivity index (χ4n) is 6.80. The number of hydrogen-bond acceptors (Lipinski definition) is 12. The maximum absolute atomic E-state index is 13.1. The molecule has 0 bridgehead atoms. The summed E-state index contributed by atoms with van der Waals surface area (Å²) >= 11 is 1.22. The van der Waals surface area contributed by atoms with Crippen LogP contribution in [0.4, 0.5) is 0 Å². The lowest BCUT2D eigenvalue weighted by atomic mass is 10.0. The van der Waals surface area contributed by atoms with Crippen LogP contribution < -0.4 is 5.73 Å². The van der Waals surface area contributed by atoms with E-state index >= 15 is 0 Å². The van der Waals surface area contributed by atoms with Crippen LogP contribution in [0.5, 0.6) is 0 Å². The molecule has 1 heterocycles. The van der Waals surface area contributed by atoms with Crippen LogP contribution in [-0.2, 0) is 50.3 Å². The maximum atomic E-state index is 13.1. The van der Waals surface area contributed by atoms with E-state index in [0.29, 0.717) is 17.4 Å². The summed E-state index contributed by atoms with van der Waals surface area (Å²) in [6, 6.07) is -1.14. The zero-order valence-electron chi connectivity index (χ0n) is 42.0. The largest absolute Gasteiger partial charge is 0.481 e. The van der Waals surface area contributed by atoms with Gasteiger partial charge in [-0.15, -0.1) is 11.8 Å². The highest BCUT2D eigenvalue weighted by atomic mass is 32.2. The van der Waals surface area contributed by atoms with Gasteiger partial charge in [-0.05, 0) is 76.3 Å². The molecule has 0 amide bonds. The molecule has 0 spiro atoms. The lowest BCUT2D eigenvalue weighted by molar-refractivity contribution is -0.870. The minimum atomic E-state index is -4.53. The topological polar surface area (TPSA) is 205 Å². The summed E-state index contributed by atoms with van der Waals surface area (Å²) in [6.45, 7) is 7.99. The minimum absolute atomic E-state index is 0.0508. The van der Waals surface area contributed by atoms with Gasteiger partial charge in [0, 0.05) is 36.7 Å². The predicted octanol–water partition coefficient (Wildman–Crippen LogP) is 10.4. The molecule has 0 aliphatic rings. The van der Waals surface area contributed by atoms with E-state index in [2.05, 4.69) is 39.8 Å². The van der Waals surface area contributed by atoms with Crippen molar-refractivity contribution in [3.63, 3.8) is 0 Å². The van der Waals surface area contributed by atoms with Crippen molar-refractivity contribution in [2.24, 2.45) is 5.73 Å². The number of furan rings is 1. The van der Waals surface area contributed by atoms with Gasteiger partial charge in [-0.25, -0.2) is 4.57 Å². The zero-order chi connectivity index (χ0) is 49.9. The van der Waals surface area contributed by atoms with Gasteiger partial charge in [0.25, 0.3) is 0 Å². The van der Waals surface area contributed by atoms with Gasteiger partial charge in [-0.2, -0.15) is 0 Å². The number of allylic oxidation sites excluding steroid dienone is 7. The minimum Gasteiger partial charge on any atom is -0.481 e. The third-order valence-corrected chi connectivity index (χ3v) is 13.4. The molecule has 384 valence electrons. The van der Waals surface area contributed by atoms with Crippen molar-refractivity contribution < 1.29 is 61.5 Å². The van der Waals surface area contributed by atoms with Crippen LogP contribution >= 0.6 is 19.6 Å². The quantitative estimate of drug-likeness (QED) is 0.0120. The number of carbonyl (C=O) groups excluding carboxylic acids is 2. The lowest BCUT2D eigenvalue weighted by Crippen LogP contribution is -2.39. The molecule has 16 heteroatoms. The van der Waals surface area contributed by atoms with Crippen molar-refractivity contribution in [3.8, 4) is 0 Å². The highest BCUT2D eigenvalue weighted by molar-refractivity contribution is 8.00. The number of rotatable bonds is 41. The summed E-state index contributed by atoms with van der Waals surface area (Å²) < 4.78 is 40.6. The van der Waals surface area contributed by atoms with E-state index in [0.717, 1.165) is 88.6 Å². The van der Waals surface area contributed by atoms with Gasteiger partial charge in [-0.3, -0.25) is 23.4 Å². The van der Waals surface area contributed by atoms with Crippen molar-refractivity contribution in [1.82, 2.24) is 0 Å². The number of aliphatic hydroxyl groups excluding tert-OH is 1. The van der Waals surface area contributed by atoms with Gasteiger partial charge in [0.15, 0.2) is 6.10 Å². The highest BCUT2D eigenvalue weighted by Gasteiger charge is 2.28. The first-order valence-electron chi connectivity index (χ1n) is 24.7. The normalized spacial score (nSPS) is 15.1. The SMILES string of the molecule is CCCCC/C=C\C\C=C/C=C/C=C/[C@@H](SC[C@H](N)C(=O)OC[C@H](COP(=O)(O)OCC[N+](C)(C)C)OC(=O)CCCCCCCCCCc1oc(CCC)c(C)c1C)[C@@H](O)CCCC(=O)O. The Balaban J connectivity index is 2.73. The number of carboxylic acid groups (broad SMARTS) is 1. The second kappa shape index (κ2) is 36.9. The number of nitrogens with zero attached hydrogens (tertiary/aromatic N) is 1. The molecule has 1 aromatic heterocycles. The van der Waals surface area contributed by atoms with Crippen LogP contribution in [0.3, 0.4) is 0 Å². The van der Waals surface area contributed by atoms with E-state index < -0.39 is 62.4 Å². The van der Waals surface area contributed by atoms with Crippen LogP contribution in [0.25, 0.3) is 0 Å². The van der Waals surface area contributed by atoms with Crippen LogP contribution in [-0.4, -0.2) is 114 Å². The number of quaternary nitrogens is 1. The van der Waals surface area contributed by atoms with Crippen molar-refractivity contribution in [3.05, 3.63) is 71.3 Å². The number of aliphatic carboxylic acids is 1. The number of unbranched alkanes of at least 4 members (excludes halogenated alkanes) is 10. The Kier molecular flexibility index (Phi) is 34.2. The lowest BCUT2D eigenvalue weighted by Gasteiger charge is -2.24. The molecule has 0 aliphatic carbocycles. The molecule has 14 nitrogen and oxygen atoms in total. The zero-order valence-corrected chi connectivity index (χ0v) is 43.7. The Morgan fingerprint density at radius 3 is 2.10 bits per heavy atom. The summed E-state index contributed by atoms with van der Waals surface area (Å²) in [6.07, 6.45) is 30.5. The number of thioether (sulfide) groups is 1. The first-order valence-corrected chi connectivity index (χ1v) is 27.2. The first kappa shape index (κ1) is 62.0. The number of phosphoric acid groups is 1. The Morgan fingerprint density at radius 1 is 0.791 bits per heavy atom. The molecule has 67 heavy (non-hydrogen) atoms. The highest BCUT2D eigenvalue weighted by Crippen LogP contribution is 2.43. The smallest absolute Gasteiger partial charge is 0.472 e. The average molecular weight is 984 g/mol. The number of aliphatic hydroxyl groups is 1. The van der Waals surface area contributed by atoms with Gasteiger partial charge < -0.3 is 39.2 Å². The number of carbonyl (C=O) groups is 3. The molecule has 0 saturated heterocycles. The number of phosphoric ester groups is 1. The third kappa shape index (κ3) is 32.4. The Labute approximate surface area is 407 Å². The van der Waals surface area contributed by atoms with E-state index in [9.17, 15) is 28.9 Å². The average Bonchev–Trinajstić information content (AvgIpc) is 3.53. The second-order valence-electron chi connectivity index (χ2n) is 18.3. The van der Waals surface area contributed by atoms with E-state index in [4.69, 9.17) is 33.8 Å². The predicted molar refractivity (Wildman–Crippen MR) is 270 cm³/mol. The Morgan fingerprint density at radius 2 is 1.45 bits per heavy atom.